The normalized spacial score (nSPS) is 10.7. The highest BCUT2D eigenvalue weighted by Crippen LogP contribution is 2.19. The zero-order chi connectivity index (χ0) is 11.3. The summed E-state index contributed by atoms with van der Waals surface area (Å²) in [5.41, 5.74) is 7.76. The number of methoxy groups -OCH3 is 1. The van der Waals surface area contributed by atoms with E-state index < -0.39 is 0 Å². The average Bonchev–Trinajstić information content (AvgIpc) is 2.25. The summed E-state index contributed by atoms with van der Waals surface area (Å²) in [7, 11) is 1.66. The molecule has 0 aliphatic rings. The summed E-state index contributed by atoms with van der Waals surface area (Å²) in [5.74, 6) is 0.831. The van der Waals surface area contributed by atoms with Crippen LogP contribution in [0.4, 0.5) is 5.69 Å². The van der Waals surface area contributed by atoms with Gasteiger partial charge in [0.1, 0.15) is 5.75 Å². The molecule has 0 aliphatic heterocycles. The molecule has 3 heteroatoms. The summed E-state index contributed by atoms with van der Waals surface area (Å²) in [4.78, 5) is 2.34. The van der Waals surface area contributed by atoms with Gasteiger partial charge in [0.05, 0.1) is 7.11 Å². The maximum absolute atomic E-state index is 5.80. The van der Waals surface area contributed by atoms with Crippen LogP contribution in [0.2, 0.25) is 0 Å². The van der Waals surface area contributed by atoms with Gasteiger partial charge in [-0.05, 0) is 30.8 Å². The first-order valence-corrected chi connectivity index (χ1v) is 5.35. The summed E-state index contributed by atoms with van der Waals surface area (Å²) in [6.07, 6.45) is 0. The van der Waals surface area contributed by atoms with E-state index in [0.717, 1.165) is 31.1 Å². The van der Waals surface area contributed by atoms with Gasteiger partial charge in [-0.3, -0.25) is 4.90 Å². The third-order valence-corrected chi connectivity index (χ3v) is 2.52. The number of benzene rings is 1. The second-order valence-corrected chi connectivity index (χ2v) is 3.58. The van der Waals surface area contributed by atoms with Crippen molar-refractivity contribution in [2.75, 3.05) is 25.9 Å². The first kappa shape index (κ1) is 11.9. The highest BCUT2D eigenvalue weighted by molar-refractivity contribution is 5.47. The molecule has 0 saturated carbocycles. The van der Waals surface area contributed by atoms with Gasteiger partial charge in [-0.1, -0.05) is 13.8 Å². The SMILES string of the molecule is CCN(CC)Cc1cc(N)cc(OC)c1. The van der Waals surface area contributed by atoms with Gasteiger partial charge in [0, 0.05) is 18.3 Å². The Morgan fingerprint density at radius 2 is 1.87 bits per heavy atom. The van der Waals surface area contributed by atoms with Gasteiger partial charge in [-0.2, -0.15) is 0 Å². The number of nitrogens with zero attached hydrogens (tertiary/aromatic N) is 1. The van der Waals surface area contributed by atoms with Crippen LogP contribution in [0.15, 0.2) is 18.2 Å². The van der Waals surface area contributed by atoms with Crippen LogP contribution >= 0.6 is 0 Å². The molecule has 1 aromatic rings. The highest BCUT2D eigenvalue weighted by Gasteiger charge is 2.03. The Labute approximate surface area is 91.8 Å². The lowest BCUT2D eigenvalue weighted by molar-refractivity contribution is 0.295. The summed E-state index contributed by atoms with van der Waals surface area (Å²) in [6, 6.07) is 5.88. The maximum Gasteiger partial charge on any atom is 0.121 e. The van der Waals surface area contributed by atoms with Gasteiger partial charge in [0.25, 0.3) is 0 Å². The number of hydrogen-bond acceptors (Lipinski definition) is 3. The van der Waals surface area contributed by atoms with Crippen LogP contribution < -0.4 is 10.5 Å². The van der Waals surface area contributed by atoms with E-state index in [1.165, 1.54) is 5.56 Å². The number of nitrogen functional groups attached to an aromatic ring is 1. The zero-order valence-electron chi connectivity index (χ0n) is 9.79. The molecule has 0 bridgehead atoms. The second kappa shape index (κ2) is 5.61. The van der Waals surface area contributed by atoms with Gasteiger partial charge in [0.15, 0.2) is 0 Å². The molecule has 15 heavy (non-hydrogen) atoms. The third kappa shape index (κ3) is 3.44. The van der Waals surface area contributed by atoms with Gasteiger partial charge in [-0.15, -0.1) is 0 Å². The molecule has 0 saturated heterocycles. The van der Waals surface area contributed by atoms with Crippen molar-refractivity contribution in [2.24, 2.45) is 0 Å². The van der Waals surface area contributed by atoms with Gasteiger partial charge in [-0.25, -0.2) is 0 Å². The maximum atomic E-state index is 5.80. The lowest BCUT2D eigenvalue weighted by atomic mass is 10.1. The standard InChI is InChI=1S/C12H20N2O/c1-4-14(5-2)9-10-6-11(13)8-12(7-10)15-3/h6-8H,4-5,9,13H2,1-3H3. The molecule has 0 unspecified atom stereocenters. The van der Waals surface area contributed by atoms with E-state index in [1.54, 1.807) is 7.11 Å². The summed E-state index contributed by atoms with van der Waals surface area (Å²) in [5, 5.41) is 0. The lowest BCUT2D eigenvalue weighted by Gasteiger charge is -2.18. The topological polar surface area (TPSA) is 38.5 Å². The first-order chi connectivity index (χ1) is 7.19. The van der Waals surface area contributed by atoms with E-state index in [0.29, 0.717) is 0 Å². The third-order valence-electron chi connectivity index (χ3n) is 2.52. The summed E-state index contributed by atoms with van der Waals surface area (Å²) < 4.78 is 5.19. The van der Waals surface area contributed by atoms with Crippen molar-refractivity contribution in [3.63, 3.8) is 0 Å². The largest absolute Gasteiger partial charge is 0.497 e. The van der Waals surface area contributed by atoms with Crippen LogP contribution in [0, 0.1) is 0 Å². The Bertz CT molecular complexity index is 308. The van der Waals surface area contributed by atoms with Crippen molar-refractivity contribution in [2.45, 2.75) is 20.4 Å². The Balaban J connectivity index is 2.79. The molecule has 0 aliphatic carbocycles. The molecule has 0 spiro atoms. The number of hydrogen-bond donors (Lipinski definition) is 1. The highest BCUT2D eigenvalue weighted by atomic mass is 16.5. The summed E-state index contributed by atoms with van der Waals surface area (Å²) >= 11 is 0. The number of nitrogens with two attached hydrogens (primary N) is 1. The average molecular weight is 208 g/mol. The van der Waals surface area contributed by atoms with Crippen LogP contribution in [0.5, 0.6) is 5.75 Å². The van der Waals surface area contributed by atoms with Crippen molar-refractivity contribution < 1.29 is 4.74 Å². The van der Waals surface area contributed by atoms with Crippen molar-refractivity contribution in [3.05, 3.63) is 23.8 Å². The van der Waals surface area contributed by atoms with Crippen molar-refractivity contribution in [3.8, 4) is 5.75 Å². The van der Waals surface area contributed by atoms with E-state index in [4.69, 9.17) is 10.5 Å². The van der Waals surface area contributed by atoms with E-state index in [1.807, 2.05) is 18.2 Å². The molecular formula is C12H20N2O. The fourth-order valence-electron chi connectivity index (χ4n) is 1.60. The molecular weight excluding hydrogens is 188 g/mol. The Morgan fingerprint density at radius 3 is 2.40 bits per heavy atom. The molecule has 0 atom stereocenters. The Hall–Kier alpha value is -1.22. The first-order valence-electron chi connectivity index (χ1n) is 5.35. The number of rotatable bonds is 5. The predicted octanol–water partition coefficient (Wildman–Crippen LogP) is 2.12. The molecule has 0 heterocycles. The van der Waals surface area contributed by atoms with Crippen LogP contribution in [-0.4, -0.2) is 25.1 Å². The molecule has 0 radical (unpaired) electrons. The second-order valence-electron chi connectivity index (χ2n) is 3.58. The van der Waals surface area contributed by atoms with Gasteiger partial charge >= 0.3 is 0 Å². The van der Waals surface area contributed by atoms with Crippen LogP contribution in [0.3, 0.4) is 0 Å². The number of ether oxygens (including phenoxy) is 1. The quantitative estimate of drug-likeness (QED) is 0.753. The number of anilines is 1. The minimum absolute atomic E-state index is 0.761. The molecule has 0 fully saturated rings. The van der Waals surface area contributed by atoms with Gasteiger partial charge < -0.3 is 10.5 Å². The minimum atomic E-state index is 0.761. The zero-order valence-corrected chi connectivity index (χ0v) is 9.79. The molecule has 2 N–H and O–H groups in total. The molecule has 0 amide bonds. The molecule has 84 valence electrons. The van der Waals surface area contributed by atoms with E-state index in [2.05, 4.69) is 18.7 Å². The monoisotopic (exact) mass is 208 g/mol. The van der Waals surface area contributed by atoms with E-state index >= 15 is 0 Å². The summed E-state index contributed by atoms with van der Waals surface area (Å²) in [6.45, 7) is 7.34. The Kier molecular flexibility index (Phi) is 4.43. The van der Waals surface area contributed by atoms with Crippen molar-refractivity contribution in [1.82, 2.24) is 4.90 Å². The molecule has 0 aromatic heterocycles. The van der Waals surface area contributed by atoms with Crippen LogP contribution in [0.25, 0.3) is 0 Å². The molecule has 1 rings (SSSR count). The van der Waals surface area contributed by atoms with Crippen molar-refractivity contribution in [1.29, 1.82) is 0 Å². The fourth-order valence-corrected chi connectivity index (χ4v) is 1.60. The molecule has 1 aromatic carbocycles. The van der Waals surface area contributed by atoms with Crippen LogP contribution in [-0.2, 0) is 6.54 Å². The minimum Gasteiger partial charge on any atom is -0.497 e. The van der Waals surface area contributed by atoms with Gasteiger partial charge in [0.2, 0.25) is 0 Å². The smallest absolute Gasteiger partial charge is 0.121 e. The Morgan fingerprint density at radius 1 is 1.20 bits per heavy atom. The predicted molar refractivity (Wildman–Crippen MR) is 64.0 cm³/mol. The van der Waals surface area contributed by atoms with Crippen LogP contribution in [0.1, 0.15) is 19.4 Å². The molecule has 3 nitrogen and oxygen atoms in total. The lowest BCUT2D eigenvalue weighted by Crippen LogP contribution is -2.22. The fraction of sp³-hybridized carbons (Fsp3) is 0.500. The van der Waals surface area contributed by atoms with Crippen molar-refractivity contribution >= 4 is 5.69 Å². The van der Waals surface area contributed by atoms with E-state index in [-0.39, 0.29) is 0 Å². The van der Waals surface area contributed by atoms with E-state index in [9.17, 15) is 0 Å².